The lowest BCUT2D eigenvalue weighted by Crippen LogP contribution is -2.27. The molecule has 2 aromatic carbocycles. The number of anilines is 1. The van der Waals surface area contributed by atoms with E-state index in [1.165, 1.54) is 24.6 Å². The predicted molar refractivity (Wildman–Crippen MR) is 111 cm³/mol. The third-order valence-corrected chi connectivity index (χ3v) is 6.08. The van der Waals surface area contributed by atoms with Crippen molar-refractivity contribution in [2.24, 2.45) is 0 Å². The monoisotopic (exact) mass is 396 g/mol. The Labute approximate surface area is 168 Å². The standard InChI is InChI=1S/C22H21FN2O2S/c1-15-12-18(24-10-4-5-11-24)9-8-16(15)13-20-21(26)25(22(27)28-20)14-17-6-2-3-7-19(17)23/h2-3,6-9,12-13H,4-5,10-11,14H2,1H3. The Morgan fingerprint density at radius 2 is 1.86 bits per heavy atom. The summed E-state index contributed by atoms with van der Waals surface area (Å²) in [4.78, 5) is 28.9. The van der Waals surface area contributed by atoms with Crippen LogP contribution in [0.15, 0.2) is 47.4 Å². The van der Waals surface area contributed by atoms with Crippen LogP contribution in [0.3, 0.4) is 0 Å². The van der Waals surface area contributed by atoms with E-state index in [1.807, 2.05) is 13.0 Å². The number of hydrogen-bond donors (Lipinski definition) is 0. The summed E-state index contributed by atoms with van der Waals surface area (Å²) < 4.78 is 13.9. The van der Waals surface area contributed by atoms with Crippen molar-refractivity contribution in [2.75, 3.05) is 18.0 Å². The quantitative estimate of drug-likeness (QED) is 0.684. The zero-order chi connectivity index (χ0) is 19.7. The number of hydrogen-bond acceptors (Lipinski definition) is 4. The lowest BCUT2D eigenvalue weighted by molar-refractivity contribution is -0.123. The van der Waals surface area contributed by atoms with Gasteiger partial charge in [0.15, 0.2) is 0 Å². The van der Waals surface area contributed by atoms with Gasteiger partial charge in [-0.05, 0) is 66.9 Å². The molecule has 4 rings (SSSR count). The first-order valence-corrected chi connectivity index (χ1v) is 10.2. The number of carbonyl (C=O) groups excluding carboxylic acids is 2. The van der Waals surface area contributed by atoms with E-state index in [9.17, 15) is 14.0 Å². The summed E-state index contributed by atoms with van der Waals surface area (Å²) in [6.07, 6.45) is 4.20. The van der Waals surface area contributed by atoms with Gasteiger partial charge in [-0.2, -0.15) is 0 Å². The van der Waals surface area contributed by atoms with Crippen LogP contribution in [0.1, 0.15) is 29.5 Å². The number of halogens is 1. The summed E-state index contributed by atoms with van der Waals surface area (Å²) in [6.45, 7) is 4.11. The summed E-state index contributed by atoms with van der Waals surface area (Å²) in [7, 11) is 0. The van der Waals surface area contributed by atoms with Gasteiger partial charge in [0.25, 0.3) is 11.1 Å². The first kappa shape index (κ1) is 18.7. The molecule has 0 unspecified atom stereocenters. The lowest BCUT2D eigenvalue weighted by Gasteiger charge is -2.18. The van der Waals surface area contributed by atoms with Gasteiger partial charge < -0.3 is 4.90 Å². The Bertz CT molecular complexity index is 967. The van der Waals surface area contributed by atoms with Gasteiger partial charge in [0.1, 0.15) is 5.82 Å². The summed E-state index contributed by atoms with van der Waals surface area (Å²) in [5.41, 5.74) is 3.50. The number of rotatable bonds is 4. The number of thioether (sulfide) groups is 1. The fourth-order valence-corrected chi connectivity index (χ4v) is 4.40. The van der Waals surface area contributed by atoms with Crippen LogP contribution >= 0.6 is 11.8 Å². The van der Waals surface area contributed by atoms with Crippen molar-refractivity contribution < 1.29 is 14.0 Å². The van der Waals surface area contributed by atoms with E-state index >= 15 is 0 Å². The Morgan fingerprint density at radius 1 is 1.11 bits per heavy atom. The van der Waals surface area contributed by atoms with Crippen LogP contribution in [0.5, 0.6) is 0 Å². The largest absolute Gasteiger partial charge is 0.372 e. The van der Waals surface area contributed by atoms with E-state index in [4.69, 9.17) is 0 Å². The summed E-state index contributed by atoms with van der Waals surface area (Å²) >= 11 is 0.906. The molecule has 0 aromatic heterocycles. The molecule has 0 radical (unpaired) electrons. The Morgan fingerprint density at radius 3 is 2.57 bits per heavy atom. The van der Waals surface area contributed by atoms with Gasteiger partial charge in [-0.1, -0.05) is 24.3 Å². The van der Waals surface area contributed by atoms with Crippen LogP contribution in [0.4, 0.5) is 14.9 Å². The maximum atomic E-state index is 13.9. The number of benzene rings is 2. The normalized spacial score (nSPS) is 18.6. The molecule has 0 atom stereocenters. The maximum absolute atomic E-state index is 13.9. The zero-order valence-corrected chi connectivity index (χ0v) is 16.5. The third kappa shape index (κ3) is 3.69. The van der Waals surface area contributed by atoms with E-state index in [0.29, 0.717) is 10.5 Å². The molecular weight excluding hydrogens is 375 g/mol. The zero-order valence-electron chi connectivity index (χ0n) is 15.7. The van der Waals surface area contributed by atoms with Crippen molar-refractivity contribution in [3.8, 4) is 0 Å². The number of amides is 2. The second kappa shape index (κ2) is 7.80. The molecular formula is C22H21FN2O2S. The molecule has 2 fully saturated rings. The van der Waals surface area contributed by atoms with Crippen LogP contribution in [0, 0.1) is 12.7 Å². The first-order valence-electron chi connectivity index (χ1n) is 9.37. The van der Waals surface area contributed by atoms with Crippen molar-refractivity contribution in [3.05, 3.63) is 69.9 Å². The minimum atomic E-state index is -0.418. The number of imide groups is 1. The predicted octanol–water partition coefficient (Wildman–Crippen LogP) is 4.97. The second-order valence-corrected chi connectivity index (χ2v) is 8.09. The highest BCUT2D eigenvalue weighted by molar-refractivity contribution is 8.18. The van der Waals surface area contributed by atoms with E-state index in [2.05, 4.69) is 17.0 Å². The highest BCUT2D eigenvalue weighted by atomic mass is 32.2. The van der Waals surface area contributed by atoms with Crippen molar-refractivity contribution in [2.45, 2.75) is 26.3 Å². The fourth-order valence-electron chi connectivity index (χ4n) is 3.57. The Hall–Kier alpha value is -2.60. The van der Waals surface area contributed by atoms with Gasteiger partial charge >= 0.3 is 0 Å². The SMILES string of the molecule is Cc1cc(N2CCCC2)ccc1C=C1SC(=O)N(Cc2ccccc2F)C1=O. The molecule has 6 heteroatoms. The summed E-state index contributed by atoms with van der Waals surface area (Å²) in [5, 5.41) is -0.370. The summed E-state index contributed by atoms with van der Waals surface area (Å²) in [5.74, 6) is -0.792. The van der Waals surface area contributed by atoms with Gasteiger partial charge in [-0.25, -0.2) is 4.39 Å². The van der Waals surface area contributed by atoms with Crippen LogP contribution in [0.25, 0.3) is 6.08 Å². The maximum Gasteiger partial charge on any atom is 0.293 e. The van der Waals surface area contributed by atoms with Gasteiger partial charge in [0.2, 0.25) is 0 Å². The molecule has 0 N–H and O–H groups in total. The van der Waals surface area contributed by atoms with E-state index in [0.717, 1.165) is 40.9 Å². The highest BCUT2D eigenvalue weighted by Crippen LogP contribution is 2.34. The molecule has 0 saturated carbocycles. The topological polar surface area (TPSA) is 40.6 Å². The van der Waals surface area contributed by atoms with Gasteiger partial charge in [-0.3, -0.25) is 14.5 Å². The van der Waals surface area contributed by atoms with Gasteiger partial charge in [0, 0.05) is 24.3 Å². The molecule has 0 bridgehead atoms. The Balaban J connectivity index is 1.54. The number of aryl methyl sites for hydroxylation is 1. The fraction of sp³-hybridized carbons (Fsp3) is 0.273. The van der Waals surface area contributed by atoms with Crippen LogP contribution in [-0.2, 0) is 11.3 Å². The second-order valence-electron chi connectivity index (χ2n) is 7.09. The van der Waals surface area contributed by atoms with E-state index < -0.39 is 5.82 Å². The lowest BCUT2D eigenvalue weighted by atomic mass is 10.1. The average molecular weight is 396 g/mol. The summed E-state index contributed by atoms with van der Waals surface area (Å²) in [6, 6.07) is 12.4. The molecule has 4 nitrogen and oxygen atoms in total. The molecule has 2 aromatic rings. The third-order valence-electron chi connectivity index (χ3n) is 5.17. The van der Waals surface area contributed by atoms with Crippen molar-refractivity contribution in [3.63, 3.8) is 0 Å². The number of carbonyl (C=O) groups is 2. The van der Waals surface area contributed by atoms with E-state index in [-0.39, 0.29) is 17.7 Å². The van der Waals surface area contributed by atoms with Crippen molar-refractivity contribution in [1.82, 2.24) is 4.90 Å². The van der Waals surface area contributed by atoms with E-state index in [1.54, 1.807) is 24.3 Å². The van der Waals surface area contributed by atoms with Crippen LogP contribution in [-0.4, -0.2) is 29.1 Å². The molecule has 2 heterocycles. The van der Waals surface area contributed by atoms with Gasteiger partial charge in [0.05, 0.1) is 11.4 Å². The molecule has 0 aliphatic carbocycles. The van der Waals surface area contributed by atoms with Crippen LogP contribution < -0.4 is 4.90 Å². The molecule has 144 valence electrons. The minimum absolute atomic E-state index is 0.0540. The first-order chi connectivity index (χ1) is 13.5. The Kier molecular flexibility index (Phi) is 5.22. The van der Waals surface area contributed by atoms with Crippen molar-refractivity contribution in [1.29, 1.82) is 0 Å². The molecule has 2 saturated heterocycles. The average Bonchev–Trinajstić information content (AvgIpc) is 3.30. The van der Waals surface area contributed by atoms with Crippen molar-refractivity contribution >= 4 is 34.7 Å². The van der Waals surface area contributed by atoms with Crippen LogP contribution in [0.2, 0.25) is 0 Å². The molecule has 28 heavy (non-hydrogen) atoms. The smallest absolute Gasteiger partial charge is 0.293 e. The molecule has 0 spiro atoms. The van der Waals surface area contributed by atoms with Gasteiger partial charge in [-0.15, -0.1) is 0 Å². The highest BCUT2D eigenvalue weighted by Gasteiger charge is 2.35. The molecule has 2 amide bonds. The number of nitrogens with zero attached hydrogens (tertiary/aromatic N) is 2. The minimum Gasteiger partial charge on any atom is -0.372 e. The molecule has 2 aliphatic heterocycles. The molecule has 2 aliphatic rings.